The molecule has 1 N–H and O–H groups in total. The highest BCUT2D eigenvalue weighted by Gasteiger charge is 2.28. The van der Waals surface area contributed by atoms with Crippen molar-refractivity contribution in [1.82, 2.24) is 5.32 Å². The third-order valence-corrected chi connectivity index (χ3v) is 5.31. The van der Waals surface area contributed by atoms with Crippen molar-refractivity contribution in [2.75, 3.05) is 0 Å². The summed E-state index contributed by atoms with van der Waals surface area (Å²) in [5, 5.41) is 3.31. The lowest BCUT2D eigenvalue weighted by Crippen LogP contribution is -2.35. The van der Waals surface area contributed by atoms with Crippen LogP contribution < -0.4 is 5.32 Å². The van der Waals surface area contributed by atoms with Crippen LogP contribution in [0.25, 0.3) is 0 Å². The Labute approximate surface area is 174 Å². The van der Waals surface area contributed by atoms with Crippen LogP contribution in [0.1, 0.15) is 70.0 Å². The van der Waals surface area contributed by atoms with Crippen molar-refractivity contribution in [2.24, 2.45) is 5.92 Å². The SMILES string of the molecule is CCCC(CCC)[C@H](CC)OC(=O)C(NCc1ccc(F)cc1)c1ccccc1. The Hall–Kier alpha value is -2.20. The number of hydrogen-bond acceptors (Lipinski definition) is 3. The van der Waals surface area contributed by atoms with Crippen molar-refractivity contribution < 1.29 is 13.9 Å². The summed E-state index contributed by atoms with van der Waals surface area (Å²) in [6.07, 6.45) is 5.06. The molecule has 0 aliphatic rings. The molecule has 0 amide bonds. The summed E-state index contributed by atoms with van der Waals surface area (Å²) in [5.74, 6) is -0.119. The minimum absolute atomic E-state index is 0.0683. The van der Waals surface area contributed by atoms with Crippen LogP contribution in [0.3, 0.4) is 0 Å². The quantitative estimate of drug-likeness (QED) is 0.432. The molecule has 0 fully saturated rings. The van der Waals surface area contributed by atoms with Crippen LogP contribution in [-0.2, 0) is 16.1 Å². The lowest BCUT2D eigenvalue weighted by Gasteiger charge is -2.28. The number of esters is 1. The summed E-state index contributed by atoms with van der Waals surface area (Å²) in [7, 11) is 0. The predicted molar refractivity (Wildman–Crippen MR) is 116 cm³/mol. The number of rotatable bonds is 12. The summed E-state index contributed by atoms with van der Waals surface area (Å²) in [6, 6.07) is 15.4. The van der Waals surface area contributed by atoms with Gasteiger partial charge in [0.2, 0.25) is 0 Å². The van der Waals surface area contributed by atoms with E-state index in [0.717, 1.165) is 43.2 Å². The van der Waals surface area contributed by atoms with Gasteiger partial charge < -0.3 is 4.74 Å². The molecule has 2 atom stereocenters. The van der Waals surface area contributed by atoms with E-state index >= 15 is 0 Å². The van der Waals surface area contributed by atoms with Gasteiger partial charge in [-0.1, -0.05) is 76.1 Å². The van der Waals surface area contributed by atoms with Gasteiger partial charge in [-0.05, 0) is 48.4 Å². The largest absolute Gasteiger partial charge is 0.461 e. The highest BCUT2D eigenvalue weighted by atomic mass is 19.1. The van der Waals surface area contributed by atoms with Gasteiger partial charge >= 0.3 is 5.97 Å². The molecule has 29 heavy (non-hydrogen) atoms. The van der Waals surface area contributed by atoms with Gasteiger partial charge in [-0.15, -0.1) is 0 Å². The third-order valence-electron chi connectivity index (χ3n) is 5.31. The third kappa shape index (κ3) is 7.28. The van der Waals surface area contributed by atoms with Crippen molar-refractivity contribution in [3.05, 3.63) is 71.5 Å². The average Bonchev–Trinajstić information content (AvgIpc) is 2.74. The molecular formula is C25H34FNO2. The average molecular weight is 400 g/mol. The lowest BCUT2D eigenvalue weighted by atomic mass is 9.91. The molecule has 3 nitrogen and oxygen atoms in total. The summed E-state index contributed by atoms with van der Waals surface area (Å²) in [6.45, 7) is 6.89. The zero-order valence-electron chi connectivity index (χ0n) is 17.9. The van der Waals surface area contributed by atoms with E-state index in [4.69, 9.17) is 4.74 Å². The smallest absolute Gasteiger partial charge is 0.328 e. The molecule has 2 rings (SSSR count). The first-order chi connectivity index (χ1) is 14.1. The number of carbonyl (C=O) groups excluding carboxylic acids is 1. The maximum Gasteiger partial charge on any atom is 0.328 e. The van der Waals surface area contributed by atoms with Crippen LogP contribution in [0.4, 0.5) is 4.39 Å². The molecule has 0 spiro atoms. The lowest BCUT2D eigenvalue weighted by molar-refractivity contribution is -0.155. The van der Waals surface area contributed by atoms with E-state index in [1.165, 1.54) is 12.1 Å². The van der Waals surface area contributed by atoms with Gasteiger partial charge in [0, 0.05) is 6.54 Å². The van der Waals surface area contributed by atoms with Crippen molar-refractivity contribution in [2.45, 2.75) is 71.6 Å². The van der Waals surface area contributed by atoms with Gasteiger partial charge in [-0.3, -0.25) is 5.32 Å². The van der Waals surface area contributed by atoms with Crippen molar-refractivity contribution in [3.8, 4) is 0 Å². The van der Waals surface area contributed by atoms with Gasteiger partial charge in [0.15, 0.2) is 0 Å². The molecule has 158 valence electrons. The van der Waals surface area contributed by atoms with E-state index < -0.39 is 6.04 Å². The number of halogens is 1. The Balaban J connectivity index is 2.14. The molecule has 0 saturated heterocycles. The molecule has 0 aromatic heterocycles. The fourth-order valence-corrected chi connectivity index (χ4v) is 3.79. The molecule has 4 heteroatoms. The Morgan fingerprint density at radius 3 is 2.14 bits per heavy atom. The zero-order chi connectivity index (χ0) is 21.1. The van der Waals surface area contributed by atoms with Crippen molar-refractivity contribution >= 4 is 5.97 Å². The van der Waals surface area contributed by atoms with Crippen LogP contribution in [0.5, 0.6) is 0 Å². The van der Waals surface area contributed by atoms with Crippen LogP contribution >= 0.6 is 0 Å². The summed E-state index contributed by atoms with van der Waals surface area (Å²) in [5.41, 5.74) is 1.79. The van der Waals surface area contributed by atoms with Gasteiger partial charge in [-0.25, -0.2) is 9.18 Å². The molecule has 0 aliphatic heterocycles. The maximum absolute atomic E-state index is 13.2. The monoisotopic (exact) mass is 399 g/mol. The molecule has 1 unspecified atom stereocenters. The molecule has 0 bridgehead atoms. The molecule has 0 radical (unpaired) electrons. The second-order valence-electron chi connectivity index (χ2n) is 7.57. The first-order valence-corrected chi connectivity index (χ1v) is 10.8. The number of nitrogens with one attached hydrogen (secondary N) is 1. The minimum Gasteiger partial charge on any atom is -0.461 e. The summed E-state index contributed by atoms with van der Waals surface area (Å²) >= 11 is 0. The fourth-order valence-electron chi connectivity index (χ4n) is 3.79. The molecular weight excluding hydrogens is 365 g/mol. The van der Waals surface area contributed by atoms with E-state index in [0.29, 0.717) is 12.5 Å². The highest BCUT2D eigenvalue weighted by Crippen LogP contribution is 2.25. The number of hydrogen-bond donors (Lipinski definition) is 1. The van der Waals surface area contributed by atoms with Crippen LogP contribution in [-0.4, -0.2) is 12.1 Å². The van der Waals surface area contributed by atoms with Crippen LogP contribution in [0, 0.1) is 11.7 Å². The van der Waals surface area contributed by atoms with Gasteiger partial charge in [-0.2, -0.15) is 0 Å². The number of ether oxygens (including phenoxy) is 1. The molecule has 2 aromatic carbocycles. The fraction of sp³-hybridized carbons (Fsp3) is 0.480. The van der Waals surface area contributed by atoms with Gasteiger partial charge in [0.25, 0.3) is 0 Å². The molecule has 2 aromatic rings. The minimum atomic E-state index is -0.556. The van der Waals surface area contributed by atoms with E-state index in [1.807, 2.05) is 30.3 Å². The topological polar surface area (TPSA) is 38.3 Å². The summed E-state index contributed by atoms with van der Waals surface area (Å²) < 4.78 is 19.2. The Morgan fingerprint density at radius 1 is 0.966 bits per heavy atom. The zero-order valence-corrected chi connectivity index (χ0v) is 17.9. The number of carbonyl (C=O) groups is 1. The second-order valence-corrected chi connectivity index (χ2v) is 7.57. The second kappa shape index (κ2) is 12.4. The normalized spacial score (nSPS) is 13.3. The maximum atomic E-state index is 13.2. The van der Waals surface area contributed by atoms with Gasteiger partial charge in [0.1, 0.15) is 18.0 Å². The van der Waals surface area contributed by atoms with Crippen LogP contribution in [0.15, 0.2) is 54.6 Å². The molecule has 0 aliphatic carbocycles. The molecule has 0 saturated carbocycles. The van der Waals surface area contributed by atoms with Crippen molar-refractivity contribution in [3.63, 3.8) is 0 Å². The van der Waals surface area contributed by atoms with E-state index in [-0.39, 0.29) is 17.9 Å². The van der Waals surface area contributed by atoms with E-state index in [1.54, 1.807) is 12.1 Å². The first kappa shape index (κ1) is 23.1. The first-order valence-electron chi connectivity index (χ1n) is 10.8. The van der Waals surface area contributed by atoms with Crippen molar-refractivity contribution in [1.29, 1.82) is 0 Å². The summed E-state index contributed by atoms with van der Waals surface area (Å²) in [4.78, 5) is 13.2. The number of benzene rings is 2. The van der Waals surface area contributed by atoms with E-state index in [9.17, 15) is 9.18 Å². The highest BCUT2D eigenvalue weighted by molar-refractivity contribution is 5.77. The predicted octanol–water partition coefficient (Wildman–Crippen LogP) is 6.19. The Bertz CT molecular complexity index is 711. The Kier molecular flexibility index (Phi) is 9.85. The van der Waals surface area contributed by atoms with Crippen LogP contribution in [0.2, 0.25) is 0 Å². The Morgan fingerprint density at radius 2 is 1.59 bits per heavy atom. The molecule has 0 heterocycles. The van der Waals surface area contributed by atoms with Gasteiger partial charge in [0.05, 0.1) is 0 Å². The van der Waals surface area contributed by atoms with E-state index in [2.05, 4.69) is 26.1 Å². The standard InChI is InChI=1S/C25H34FNO2/c1-4-10-20(11-5-2)23(6-3)29-25(28)24(21-12-8-7-9-13-21)27-18-19-14-16-22(26)17-15-19/h7-9,12-17,20,23-24,27H,4-6,10-11,18H2,1-3H3/t23-,24?/m0/s1.